The minimum atomic E-state index is -0.586. The number of carbonyl (C=O) groups is 1. The van der Waals surface area contributed by atoms with Crippen LogP contribution in [0.3, 0.4) is 0 Å². The standard InChI is InChI=1S/C15H12N4O4S2/c1-2-23-14(22)13-17-19-15(25-13)18-16-8-6-10(24)7-4-3-5-9(20)11(7)12(8)21/h3-6,20-21,24H,2H2,1H3. The molecule has 0 saturated carbocycles. The summed E-state index contributed by atoms with van der Waals surface area (Å²) in [5.41, 5.74) is 0.104. The number of thiol groups is 1. The van der Waals surface area contributed by atoms with E-state index < -0.39 is 5.97 Å². The number of nitrogens with zero attached hydrogens (tertiary/aromatic N) is 4. The minimum absolute atomic E-state index is 0.0612. The highest BCUT2D eigenvalue weighted by molar-refractivity contribution is 7.80. The summed E-state index contributed by atoms with van der Waals surface area (Å²) in [5.74, 6) is -0.912. The number of benzene rings is 2. The molecule has 0 fully saturated rings. The zero-order valence-electron chi connectivity index (χ0n) is 12.9. The van der Waals surface area contributed by atoms with E-state index in [1.54, 1.807) is 19.1 Å². The Bertz CT molecular complexity index is 987. The molecule has 0 bridgehead atoms. The fourth-order valence-electron chi connectivity index (χ4n) is 2.11. The predicted octanol–water partition coefficient (Wildman–Crippen LogP) is 3.98. The largest absolute Gasteiger partial charge is 0.507 e. The second-order valence-electron chi connectivity index (χ2n) is 4.77. The maximum atomic E-state index is 11.6. The number of azo groups is 1. The van der Waals surface area contributed by atoms with Crippen LogP contribution < -0.4 is 0 Å². The highest BCUT2D eigenvalue weighted by Crippen LogP contribution is 2.43. The van der Waals surface area contributed by atoms with Gasteiger partial charge in [-0.05, 0) is 19.1 Å². The first-order valence-electron chi connectivity index (χ1n) is 7.10. The summed E-state index contributed by atoms with van der Waals surface area (Å²) in [6.07, 6.45) is 0. The van der Waals surface area contributed by atoms with Gasteiger partial charge in [-0.2, -0.15) is 0 Å². The fourth-order valence-corrected chi connectivity index (χ4v) is 2.98. The molecule has 1 aromatic heterocycles. The Morgan fingerprint density at radius 3 is 2.88 bits per heavy atom. The summed E-state index contributed by atoms with van der Waals surface area (Å²) >= 11 is 5.25. The number of ether oxygens (including phenoxy) is 1. The van der Waals surface area contributed by atoms with Crippen LogP contribution in [-0.2, 0) is 4.74 Å². The van der Waals surface area contributed by atoms with Crippen LogP contribution in [0, 0.1) is 0 Å². The van der Waals surface area contributed by atoms with E-state index in [0.29, 0.717) is 10.3 Å². The van der Waals surface area contributed by atoms with E-state index in [2.05, 4.69) is 33.1 Å². The van der Waals surface area contributed by atoms with Gasteiger partial charge in [-0.25, -0.2) is 4.79 Å². The second kappa shape index (κ2) is 7.03. The lowest BCUT2D eigenvalue weighted by atomic mass is 10.1. The van der Waals surface area contributed by atoms with Gasteiger partial charge >= 0.3 is 5.97 Å². The van der Waals surface area contributed by atoms with Gasteiger partial charge < -0.3 is 14.9 Å². The van der Waals surface area contributed by atoms with E-state index >= 15 is 0 Å². The van der Waals surface area contributed by atoms with E-state index in [1.165, 1.54) is 12.1 Å². The molecular formula is C15H12N4O4S2. The van der Waals surface area contributed by atoms with Crippen molar-refractivity contribution in [3.8, 4) is 11.5 Å². The van der Waals surface area contributed by atoms with Crippen molar-refractivity contribution in [2.45, 2.75) is 11.8 Å². The Labute approximate surface area is 151 Å². The van der Waals surface area contributed by atoms with E-state index in [4.69, 9.17) is 4.74 Å². The first-order chi connectivity index (χ1) is 12.0. The third kappa shape index (κ3) is 3.39. The Morgan fingerprint density at radius 2 is 2.12 bits per heavy atom. The first-order valence-corrected chi connectivity index (χ1v) is 8.36. The first kappa shape index (κ1) is 17.1. The number of esters is 1. The molecule has 2 N–H and O–H groups in total. The Morgan fingerprint density at radius 1 is 1.32 bits per heavy atom. The van der Waals surface area contributed by atoms with Crippen molar-refractivity contribution in [3.05, 3.63) is 29.3 Å². The van der Waals surface area contributed by atoms with Gasteiger partial charge in [0.05, 0.1) is 12.0 Å². The number of phenolic OH excluding ortho intramolecular Hbond substituents is 2. The van der Waals surface area contributed by atoms with E-state index in [0.717, 1.165) is 11.3 Å². The SMILES string of the molecule is CCOC(=O)c1nnc(N=Nc2cc(S)c3cccc(O)c3c2O)s1. The van der Waals surface area contributed by atoms with Gasteiger partial charge in [-0.1, -0.05) is 23.5 Å². The summed E-state index contributed by atoms with van der Waals surface area (Å²) in [7, 11) is 0. The molecule has 128 valence electrons. The zero-order valence-corrected chi connectivity index (χ0v) is 14.6. The molecule has 1 heterocycles. The normalized spacial score (nSPS) is 11.3. The molecule has 0 unspecified atom stereocenters. The van der Waals surface area contributed by atoms with Crippen LogP contribution in [0.5, 0.6) is 11.5 Å². The number of aromatic hydroxyl groups is 2. The molecule has 3 aromatic rings. The smallest absolute Gasteiger partial charge is 0.369 e. The van der Waals surface area contributed by atoms with Crippen molar-refractivity contribution in [1.29, 1.82) is 0 Å². The van der Waals surface area contributed by atoms with Crippen molar-refractivity contribution in [1.82, 2.24) is 10.2 Å². The highest BCUT2D eigenvalue weighted by atomic mass is 32.1. The molecule has 0 spiro atoms. The second-order valence-corrected chi connectivity index (χ2v) is 6.21. The van der Waals surface area contributed by atoms with Crippen LogP contribution in [0.1, 0.15) is 16.7 Å². The molecular weight excluding hydrogens is 364 g/mol. The van der Waals surface area contributed by atoms with Crippen molar-refractivity contribution in [2.75, 3.05) is 6.61 Å². The Balaban J connectivity index is 1.96. The van der Waals surface area contributed by atoms with Gasteiger partial charge in [0.25, 0.3) is 5.13 Å². The third-order valence-corrected chi connectivity index (χ3v) is 4.34. The quantitative estimate of drug-likeness (QED) is 0.360. The number of fused-ring (bicyclic) bond motifs is 1. The molecule has 25 heavy (non-hydrogen) atoms. The fraction of sp³-hybridized carbons (Fsp3) is 0.133. The topological polar surface area (TPSA) is 117 Å². The van der Waals surface area contributed by atoms with Crippen LogP contribution in [0.15, 0.2) is 39.4 Å². The van der Waals surface area contributed by atoms with Gasteiger partial charge in [-0.15, -0.1) is 33.1 Å². The lowest BCUT2D eigenvalue weighted by molar-refractivity contribution is 0.0525. The van der Waals surface area contributed by atoms with Crippen LogP contribution in [-0.4, -0.2) is 33.0 Å². The average Bonchev–Trinajstić information content (AvgIpc) is 3.06. The third-order valence-electron chi connectivity index (χ3n) is 3.18. The molecule has 2 aromatic carbocycles. The number of hydrogen-bond donors (Lipinski definition) is 3. The molecule has 10 heteroatoms. The van der Waals surface area contributed by atoms with Gasteiger partial charge in [0, 0.05) is 10.3 Å². The number of phenols is 2. The summed E-state index contributed by atoms with van der Waals surface area (Å²) in [6, 6.07) is 6.33. The van der Waals surface area contributed by atoms with Crippen molar-refractivity contribution in [2.24, 2.45) is 10.2 Å². The molecule has 0 amide bonds. The monoisotopic (exact) mass is 376 g/mol. The van der Waals surface area contributed by atoms with E-state index in [1.807, 2.05) is 0 Å². The van der Waals surface area contributed by atoms with E-state index in [-0.39, 0.29) is 39.3 Å². The summed E-state index contributed by atoms with van der Waals surface area (Å²) < 4.78 is 4.82. The maximum Gasteiger partial charge on any atom is 0.369 e. The molecule has 0 saturated heterocycles. The summed E-state index contributed by atoms with van der Waals surface area (Å²) in [4.78, 5) is 12.1. The minimum Gasteiger partial charge on any atom is -0.507 e. The molecule has 8 nitrogen and oxygen atoms in total. The van der Waals surface area contributed by atoms with Crippen LogP contribution in [0.25, 0.3) is 10.8 Å². The average molecular weight is 376 g/mol. The summed E-state index contributed by atoms with van der Waals surface area (Å²) in [5, 5.41) is 36.5. The van der Waals surface area contributed by atoms with Gasteiger partial charge in [0.1, 0.15) is 11.4 Å². The molecule has 0 atom stereocenters. The highest BCUT2D eigenvalue weighted by Gasteiger charge is 2.15. The molecule has 0 aliphatic heterocycles. The van der Waals surface area contributed by atoms with Gasteiger partial charge in [-0.3, -0.25) is 0 Å². The van der Waals surface area contributed by atoms with Gasteiger partial charge in [0.15, 0.2) is 5.75 Å². The number of rotatable bonds is 4. The predicted molar refractivity (Wildman–Crippen MR) is 94.6 cm³/mol. The Kier molecular flexibility index (Phi) is 4.81. The Hall–Kier alpha value is -2.72. The van der Waals surface area contributed by atoms with Crippen LogP contribution in [0.2, 0.25) is 0 Å². The number of carbonyl (C=O) groups excluding carboxylic acids is 1. The molecule has 0 aliphatic rings. The van der Waals surface area contributed by atoms with Crippen molar-refractivity contribution < 1.29 is 19.7 Å². The van der Waals surface area contributed by atoms with E-state index in [9.17, 15) is 15.0 Å². The zero-order chi connectivity index (χ0) is 18.0. The number of aromatic nitrogens is 2. The van der Waals surface area contributed by atoms with Crippen LogP contribution >= 0.6 is 24.0 Å². The van der Waals surface area contributed by atoms with Gasteiger partial charge in [0.2, 0.25) is 5.01 Å². The van der Waals surface area contributed by atoms with Crippen molar-refractivity contribution >= 4 is 51.5 Å². The van der Waals surface area contributed by atoms with Crippen LogP contribution in [0.4, 0.5) is 10.8 Å². The lowest BCUT2D eigenvalue weighted by Gasteiger charge is -2.08. The summed E-state index contributed by atoms with van der Waals surface area (Å²) in [6.45, 7) is 1.92. The molecule has 0 radical (unpaired) electrons. The maximum absolute atomic E-state index is 11.6. The molecule has 3 rings (SSSR count). The molecule has 0 aliphatic carbocycles. The van der Waals surface area contributed by atoms with Crippen molar-refractivity contribution in [3.63, 3.8) is 0 Å². The number of hydrogen-bond acceptors (Lipinski definition) is 10. The lowest BCUT2D eigenvalue weighted by Crippen LogP contribution is -2.03.